The van der Waals surface area contributed by atoms with Crippen LogP contribution in [0.25, 0.3) is 0 Å². The fraction of sp³-hybridized carbons (Fsp3) is 0.200. The minimum absolute atomic E-state index is 0.143. The lowest BCUT2D eigenvalue weighted by Crippen LogP contribution is -2.24. The molecule has 0 atom stereocenters. The third-order valence-corrected chi connectivity index (χ3v) is 4.22. The second kappa shape index (κ2) is 12.0. The van der Waals surface area contributed by atoms with E-state index in [-0.39, 0.29) is 12.5 Å². The zero-order chi connectivity index (χ0) is 21.7. The molecule has 0 heterocycles. The van der Waals surface area contributed by atoms with Gasteiger partial charge in [-0.2, -0.15) is 5.10 Å². The molecule has 1 amide bonds. The van der Waals surface area contributed by atoms with Crippen LogP contribution in [0.3, 0.4) is 0 Å². The molecule has 0 aromatic heterocycles. The van der Waals surface area contributed by atoms with Gasteiger partial charge in [0.2, 0.25) is 0 Å². The van der Waals surface area contributed by atoms with E-state index in [2.05, 4.69) is 10.5 Å². The van der Waals surface area contributed by atoms with E-state index < -0.39 is 0 Å². The number of para-hydroxylation sites is 1. The van der Waals surface area contributed by atoms with Gasteiger partial charge in [-0.1, -0.05) is 49.4 Å². The van der Waals surface area contributed by atoms with E-state index >= 15 is 0 Å². The lowest BCUT2D eigenvalue weighted by atomic mass is 10.2. The Hall–Kier alpha value is -3.80. The summed E-state index contributed by atoms with van der Waals surface area (Å²) in [6.07, 6.45) is 2.47. The Labute approximate surface area is 182 Å². The van der Waals surface area contributed by atoms with Crippen molar-refractivity contribution in [1.29, 1.82) is 0 Å². The van der Waals surface area contributed by atoms with Crippen molar-refractivity contribution in [3.05, 3.63) is 90.0 Å². The molecule has 0 bridgehead atoms. The first-order valence-electron chi connectivity index (χ1n) is 10.2. The highest BCUT2D eigenvalue weighted by Gasteiger charge is 2.04. The fourth-order valence-electron chi connectivity index (χ4n) is 2.66. The number of carbonyl (C=O) groups is 1. The number of ether oxygens (including phenoxy) is 3. The van der Waals surface area contributed by atoms with Gasteiger partial charge in [0.15, 0.2) is 6.61 Å². The summed E-state index contributed by atoms with van der Waals surface area (Å²) in [7, 11) is 0. The quantitative estimate of drug-likeness (QED) is 0.365. The monoisotopic (exact) mass is 418 g/mol. The zero-order valence-corrected chi connectivity index (χ0v) is 17.5. The van der Waals surface area contributed by atoms with Crippen LogP contribution in [0.2, 0.25) is 0 Å². The minimum atomic E-state index is -0.354. The van der Waals surface area contributed by atoms with Crippen LogP contribution < -0.4 is 19.6 Å². The molecule has 0 saturated heterocycles. The summed E-state index contributed by atoms with van der Waals surface area (Å²) in [5, 5.41) is 3.99. The Morgan fingerprint density at radius 3 is 2.29 bits per heavy atom. The average molecular weight is 418 g/mol. The van der Waals surface area contributed by atoms with Crippen LogP contribution in [0.4, 0.5) is 0 Å². The number of amides is 1. The molecule has 3 rings (SSSR count). The van der Waals surface area contributed by atoms with E-state index in [0.29, 0.717) is 19.0 Å². The van der Waals surface area contributed by atoms with Crippen molar-refractivity contribution in [2.45, 2.75) is 20.0 Å². The normalized spacial score (nSPS) is 10.6. The van der Waals surface area contributed by atoms with E-state index in [1.165, 1.54) is 0 Å². The van der Waals surface area contributed by atoms with Gasteiger partial charge in [-0.25, -0.2) is 5.43 Å². The highest BCUT2D eigenvalue weighted by molar-refractivity contribution is 5.85. The molecule has 0 unspecified atom stereocenters. The Balaban J connectivity index is 1.42. The maximum absolute atomic E-state index is 12.0. The van der Waals surface area contributed by atoms with Crippen molar-refractivity contribution in [2.75, 3.05) is 13.2 Å². The number of carbonyl (C=O) groups excluding carboxylic acids is 1. The predicted molar refractivity (Wildman–Crippen MR) is 121 cm³/mol. The summed E-state index contributed by atoms with van der Waals surface area (Å²) in [6.45, 7) is 3.02. The number of nitrogens with one attached hydrogen (secondary N) is 1. The van der Waals surface area contributed by atoms with E-state index in [9.17, 15) is 4.79 Å². The highest BCUT2D eigenvalue weighted by Crippen LogP contribution is 2.19. The molecule has 0 radical (unpaired) electrons. The first kappa shape index (κ1) is 21.9. The first-order chi connectivity index (χ1) is 15.2. The summed E-state index contributed by atoms with van der Waals surface area (Å²) in [5.41, 5.74) is 4.35. The third-order valence-electron chi connectivity index (χ3n) is 4.22. The van der Waals surface area contributed by atoms with E-state index in [0.717, 1.165) is 29.0 Å². The molecule has 31 heavy (non-hydrogen) atoms. The second-order valence-corrected chi connectivity index (χ2v) is 6.71. The van der Waals surface area contributed by atoms with E-state index in [1.807, 2.05) is 73.7 Å². The van der Waals surface area contributed by atoms with Crippen LogP contribution in [0.1, 0.15) is 24.5 Å². The molecule has 0 saturated carbocycles. The molecule has 3 aromatic rings. The van der Waals surface area contributed by atoms with Crippen LogP contribution in [0, 0.1) is 0 Å². The summed E-state index contributed by atoms with van der Waals surface area (Å²) >= 11 is 0. The topological polar surface area (TPSA) is 69.2 Å². The van der Waals surface area contributed by atoms with Gasteiger partial charge in [-0.3, -0.25) is 4.79 Å². The first-order valence-corrected chi connectivity index (χ1v) is 10.2. The standard InChI is InChI=1S/C25H26N2O4/c1-2-16-29-24-11-7-6-10-21(24)17-26-27-25(28)19-31-23-14-12-22(13-15-23)30-18-20-8-4-3-5-9-20/h3-15,17H,2,16,18-19H2,1H3,(H,27,28)/b26-17+. The van der Waals surface area contributed by atoms with Crippen molar-refractivity contribution < 1.29 is 19.0 Å². The highest BCUT2D eigenvalue weighted by atomic mass is 16.5. The van der Waals surface area contributed by atoms with Crippen LogP contribution in [-0.4, -0.2) is 25.3 Å². The Morgan fingerprint density at radius 2 is 1.55 bits per heavy atom. The van der Waals surface area contributed by atoms with Crippen molar-refractivity contribution >= 4 is 12.1 Å². The van der Waals surface area contributed by atoms with Crippen LogP contribution in [-0.2, 0) is 11.4 Å². The Kier molecular flexibility index (Phi) is 8.49. The van der Waals surface area contributed by atoms with Gasteiger partial charge < -0.3 is 14.2 Å². The molecule has 3 aromatic carbocycles. The largest absolute Gasteiger partial charge is 0.493 e. The zero-order valence-electron chi connectivity index (χ0n) is 17.5. The number of rotatable bonds is 11. The van der Waals surface area contributed by atoms with Gasteiger partial charge in [0.25, 0.3) is 5.91 Å². The van der Waals surface area contributed by atoms with Gasteiger partial charge in [0.05, 0.1) is 12.8 Å². The molecule has 6 nitrogen and oxygen atoms in total. The molecule has 1 N–H and O–H groups in total. The van der Waals surface area contributed by atoms with Gasteiger partial charge in [-0.15, -0.1) is 0 Å². The predicted octanol–water partition coefficient (Wildman–Crippen LogP) is 4.58. The summed E-state index contributed by atoms with van der Waals surface area (Å²) in [5.74, 6) is 1.68. The lowest BCUT2D eigenvalue weighted by molar-refractivity contribution is -0.123. The number of nitrogens with zero attached hydrogens (tertiary/aromatic N) is 1. The number of hydrogen-bond acceptors (Lipinski definition) is 5. The van der Waals surface area contributed by atoms with Gasteiger partial charge >= 0.3 is 0 Å². The maximum Gasteiger partial charge on any atom is 0.277 e. The van der Waals surface area contributed by atoms with Crippen molar-refractivity contribution in [3.63, 3.8) is 0 Å². The SMILES string of the molecule is CCCOc1ccccc1/C=N/NC(=O)COc1ccc(OCc2ccccc2)cc1. The molecule has 0 fully saturated rings. The number of hydrazone groups is 1. The van der Waals surface area contributed by atoms with Crippen molar-refractivity contribution in [1.82, 2.24) is 5.43 Å². The minimum Gasteiger partial charge on any atom is -0.493 e. The summed E-state index contributed by atoms with van der Waals surface area (Å²) < 4.78 is 16.9. The van der Waals surface area contributed by atoms with Crippen LogP contribution >= 0.6 is 0 Å². The van der Waals surface area contributed by atoms with Crippen LogP contribution in [0.5, 0.6) is 17.2 Å². The molecular weight excluding hydrogens is 392 g/mol. The molecule has 0 spiro atoms. The molecule has 0 aliphatic heterocycles. The van der Waals surface area contributed by atoms with E-state index in [4.69, 9.17) is 14.2 Å². The average Bonchev–Trinajstić information content (AvgIpc) is 2.82. The maximum atomic E-state index is 12.0. The Morgan fingerprint density at radius 1 is 0.871 bits per heavy atom. The summed E-state index contributed by atoms with van der Waals surface area (Å²) in [6, 6.07) is 24.6. The molecule has 0 aliphatic carbocycles. The smallest absolute Gasteiger partial charge is 0.277 e. The van der Waals surface area contributed by atoms with Crippen LogP contribution in [0.15, 0.2) is 84.0 Å². The molecule has 6 heteroatoms. The Bertz CT molecular complexity index is 972. The number of hydrogen-bond donors (Lipinski definition) is 1. The van der Waals surface area contributed by atoms with Gasteiger partial charge in [-0.05, 0) is 48.4 Å². The lowest BCUT2D eigenvalue weighted by Gasteiger charge is -2.09. The third kappa shape index (κ3) is 7.51. The van der Waals surface area contributed by atoms with E-state index in [1.54, 1.807) is 18.3 Å². The molecule has 160 valence electrons. The second-order valence-electron chi connectivity index (χ2n) is 6.71. The molecular formula is C25H26N2O4. The van der Waals surface area contributed by atoms with Crippen molar-refractivity contribution in [3.8, 4) is 17.2 Å². The van der Waals surface area contributed by atoms with Gasteiger partial charge in [0, 0.05) is 5.56 Å². The van der Waals surface area contributed by atoms with Crippen molar-refractivity contribution in [2.24, 2.45) is 5.10 Å². The number of benzene rings is 3. The fourth-order valence-corrected chi connectivity index (χ4v) is 2.66. The molecule has 0 aliphatic rings. The summed E-state index contributed by atoms with van der Waals surface area (Å²) in [4.78, 5) is 12.0. The van der Waals surface area contributed by atoms with Gasteiger partial charge in [0.1, 0.15) is 23.9 Å².